The predicted molar refractivity (Wildman–Crippen MR) is 51.2 cm³/mol. The molecule has 0 atom stereocenters. The number of nitrogens with one attached hydrogen (secondary N) is 1. The van der Waals surface area contributed by atoms with Crippen molar-refractivity contribution in [1.82, 2.24) is 5.32 Å². The Morgan fingerprint density at radius 1 is 1.27 bits per heavy atom. The summed E-state index contributed by atoms with van der Waals surface area (Å²) in [5.74, 6) is -0.517. The van der Waals surface area contributed by atoms with Gasteiger partial charge in [-0.05, 0) is 12.8 Å². The maximum atomic E-state index is 11.8. The van der Waals surface area contributed by atoms with Crippen molar-refractivity contribution in [3.63, 3.8) is 0 Å². The summed E-state index contributed by atoms with van der Waals surface area (Å²) in [6.07, 6.45) is -4.46. The van der Waals surface area contributed by atoms with Crippen LogP contribution in [0, 0.1) is 0 Å². The minimum Gasteiger partial charge on any atom is -0.354 e. The second-order valence-electron chi connectivity index (χ2n) is 3.48. The molecule has 0 saturated heterocycles. The predicted octanol–water partition coefficient (Wildman–Crippen LogP) is 1.57. The summed E-state index contributed by atoms with van der Waals surface area (Å²) in [5.41, 5.74) is 4.65. The lowest BCUT2D eigenvalue weighted by molar-refractivity contribution is -0.137. The van der Waals surface area contributed by atoms with Gasteiger partial charge < -0.3 is 11.1 Å². The maximum Gasteiger partial charge on any atom is 0.390 e. The Hall–Kier alpha value is -0.780. The Morgan fingerprint density at radius 2 is 1.73 bits per heavy atom. The zero-order chi connectivity index (χ0) is 12.1. The van der Waals surface area contributed by atoms with E-state index < -0.39 is 30.6 Å². The lowest BCUT2D eigenvalue weighted by atomic mass is 9.93. The van der Waals surface area contributed by atoms with E-state index in [2.05, 4.69) is 5.32 Å². The highest BCUT2D eigenvalue weighted by molar-refractivity contribution is 5.85. The smallest absolute Gasteiger partial charge is 0.354 e. The number of nitrogens with two attached hydrogens (primary N) is 1. The fourth-order valence-corrected chi connectivity index (χ4v) is 1.06. The number of hydrogen-bond donors (Lipinski definition) is 2. The maximum absolute atomic E-state index is 11.8. The molecule has 3 nitrogen and oxygen atoms in total. The largest absolute Gasteiger partial charge is 0.390 e. The number of hydrogen-bond acceptors (Lipinski definition) is 2. The van der Waals surface area contributed by atoms with Gasteiger partial charge in [-0.25, -0.2) is 0 Å². The molecule has 1 amide bonds. The number of alkyl halides is 3. The van der Waals surface area contributed by atoms with E-state index in [1.165, 1.54) is 0 Å². The molecule has 0 spiro atoms. The first kappa shape index (κ1) is 14.2. The van der Waals surface area contributed by atoms with Gasteiger partial charge in [0.15, 0.2) is 0 Å². The number of rotatable bonds is 5. The van der Waals surface area contributed by atoms with Crippen LogP contribution in [-0.4, -0.2) is 24.2 Å². The van der Waals surface area contributed by atoms with E-state index in [9.17, 15) is 18.0 Å². The normalized spacial score (nSPS) is 12.7. The Labute approximate surface area is 87.2 Å². The molecule has 0 aromatic carbocycles. The molecule has 0 bridgehead atoms. The van der Waals surface area contributed by atoms with Crippen molar-refractivity contribution in [2.45, 2.75) is 44.8 Å². The Kier molecular flexibility index (Phi) is 5.07. The summed E-state index contributed by atoms with van der Waals surface area (Å²) in [5, 5.41) is 2.20. The van der Waals surface area contributed by atoms with Gasteiger partial charge >= 0.3 is 6.18 Å². The van der Waals surface area contributed by atoms with Crippen molar-refractivity contribution in [3.05, 3.63) is 0 Å². The number of halogens is 3. The third-order valence-corrected chi connectivity index (χ3v) is 2.41. The Balaban J connectivity index is 4.04. The molecule has 90 valence electrons. The Bertz CT molecular complexity index is 212. The van der Waals surface area contributed by atoms with Crippen LogP contribution in [0.15, 0.2) is 0 Å². The highest BCUT2D eigenvalue weighted by Crippen LogP contribution is 2.18. The van der Waals surface area contributed by atoms with Crippen LogP contribution < -0.4 is 11.1 Å². The first-order chi connectivity index (χ1) is 6.75. The SMILES string of the molecule is CCC(N)(CC)C(=O)NCCC(F)(F)F. The van der Waals surface area contributed by atoms with Gasteiger partial charge in [-0.3, -0.25) is 4.79 Å². The molecule has 15 heavy (non-hydrogen) atoms. The molecular formula is C9H17F3N2O. The summed E-state index contributed by atoms with van der Waals surface area (Å²) in [7, 11) is 0. The first-order valence-electron chi connectivity index (χ1n) is 4.89. The lowest BCUT2D eigenvalue weighted by Crippen LogP contribution is -2.53. The van der Waals surface area contributed by atoms with E-state index >= 15 is 0 Å². The van der Waals surface area contributed by atoms with E-state index in [-0.39, 0.29) is 0 Å². The highest BCUT2D eigenvalue weighted by Gasteiger charge is 2.31. The fraction of sp³-hybridized carbons (Fsp3) is 0.889. The molecule has 0 rings (SSSR count). The van der Waals surface area contributed by atoms with E-state index in [0.29, 0.717) is 12.8 Å². The highest BCUT2D eigenvalue weighted by atomic mass is 19.4. The van der Waals surface area contributed by atoms with Crippen molar-refractivity contribution in [3.8, 4) is 0 Å². The second kappa shape index (κ2) is 5.34. The third-order valence-electron chi connectivity index (χ3n) is 2.41. The summed E-state index contributed by atoms with van der Waals surface area (Å²) < 4.78 is 35.4. The molecule has 3 N–H and O–H groups in total. The Morgan fingerprint density at radius 3 is 2.07 bits per heavy atom. The third kappa shape index (κ3) is 5.01. The summed E-state index contributed by atoms with van der Waals surface area (Å²) in [6, 6.07) is 0. The molecule has 6 heteroatoms. The average Bonchev–Trinajstić information content (AvgIpc) is 2.14. The summed E-state index contributed by atoms with van der Waals surface area (Å²) in [4.78, 5) is 11.4. The van der Waals surface area contributed by atoms with Crippen LogP contribution in [0.25, 0.3) is 0 Å². The monoisotopic (exact) mass is 226 g/mol. The standard InChI is InChI=1S/C9H17F3N2O/c1-3-8(13,4-2)7(15)14-6-5-9(10,11)12/h3-6,13H2,1-2H3,(H,14,15). The van der Waals surface area contributed by atoms with Gasteiger partial charge in [0.2, 0.25) is 5.91 Å². The molecule has 0 aliphatic heterocycles. The van der Waals surface area contributed by atoms with E-state index in [0.717, 1.165) is 0 Å². The van der Waals surface area contributed by atoms with Crippen molar-refractivity contribution >= 4 is 5.91 Å². The van der Waals surface area contributed by atoms with Gasteiger partial charge in [0.05, 0.1) is 12.0 Å². The van der Waals surface area contributed by atoms with Crippen LogP contribution in [0.5, 0.6) is 0 Å². The first-order valence-corrected chi connectivity index (χ1v) is 4.89. The summed E-state index contributed by atoms with van der Waals surface area (Å²) in [6.45, 7) is 3.04. The van der Waals surface area contributed by atoms with Gasteiger partial charge in [-0.1, -0.05) is 13.8 Å². The van der Waals surface area contributed by atoms with Crippen LogP contribution in [0.4, 0.5) is 13.2 Å². The van der Waals surface area contributed by atoms with Gasteiger partial charge in [0, 0.05) is 6.54 Å². The van der Waals surface area contributed by atoms with Crippen LogP contribution in [0.2, 0.25) is 0 Å². The van der Waals surface area contributed by atoms with E-state index in [4.69, 9.17) is 5.73 Å². The minimum absolute atomic E-state index is 0.404. The van der Waals surface area contributed by atoms with Crippen molar-refractivity contribution in [2.75, 3.05) is 6.54 Å². The molecule has 0 heterocycles. The van der Waals surface area contributed by atoms with E-state index in [1.807, 2.05) is 0 Å². The molecule has 0 saturated carbocycles. The van der Waals surface area contributed by atoms with Crippen LogP contribution >= 0.6 is 0 Å². The minimum atomic E-state index is -4.25. The molecule has 0 aliphatic rings. The molecular weight excluding hydrogens is 209 g/mol. The lowest BCUT2D eigenvalue weighted by Gasteiger charge is -2.25. The zero-order valence-corrected chi connectivity index (χ0v) is 8.95. The number of carbonyl (C=O) groups is 1. The quantitative estimate of drug-likeness (QED) is 0.747. The molecule has 0 aliphatic carbocycles. The van der Waals surface area contributed by atoms with Crippen LogP contribution in [0.3, 0.4) is 0 Å². The van der Waals surface area contributed by atoms with Gasteiger partial charge in [0.1, 0.15) is 0 Å². The van der Waals surface area contributed by atoms with Crippen LogP contribution in [0.1, 0.15) is 33.1 Å². The summed E-state index contributed by atoms with van der Waals surface area (Å²) >= 11 is 0. The van der Waals surface area contributed by atoms with Gasteiger partial charge in [-0.15, -0.1) is 0 Å². The number of amides is 1. The van der Waals surface area contributed by atoms with Crippen molar-refractivity contribution < 1.29 is 18.0 Å². The zero-order valence-electron chi connectivity index (χ0n) is 8.95. The molecule has 0 fully saturated rings. The van der Waals surface area contributed by atoms with Gasteiger partial charge in [-0.2, -0.15) is 13.2 Å². The topological polar surface area (TPSA) is 55.1 Å². The van der Waals surface area contributed by atoms with Crippen LogP contribution in [-0.2, 0) is 4.79 Å². The van der Waals surface area contributed by atoms with Gasteiger partial charge in [0.25, 0.3) is 0 Å². The molecule has 0 radical (unpaired) electrons. The second-order valence-corrected chi connectivity index (χ2v) is 3.48. The molecule has 0 aromatic heterocycles. The van der Waals surface area contributed by atoms with Crippen molar-refractivity contribution in [2.24, 2.45) is 5.73 Å². The number of carbonyl (C=O) groups excluding carboxylic acids is 1. The molecule has 0 aromatic rings. The van der Waals surface area contributed by atoms with Crippen molar-refractivity contribution in [1.29, 1.82) is 0 Å². The fourth-order valence-electron chi connectivity index (χ4n) is 1.06. The van der Waals surface area contributed by atoms with E-state index in [1.54, 1.807) is 13.8 Å². The molecule has 0 unspecified atom stereocenters. The average molecular weight is 226 g/mol.